The van der Waals surface area contributed by atoms with Gasteiger partial charge in [0.2, 0.25) is 5.91 Å². The van der Waals surface area contributed by atoms with Gasteiger partial charge in [-0.15, -0.1) is 0 Å². The fourth-order valence-corrected chi connectivity index (χ4v) is 3.02. The zero-order chi connectivity index (χ0) is 18.4. The molecule has 4 nitrogen and oxygen atoms in total. The summed E-state index contributed by atoms with van der Waals surface area (Å²) in [5, 5.41) is 6.22. The molecule has 0 bridgehead atoms. The van der Waals surface area contributed by atoms with E-state index in [2.05, 4.69) is 10.6 Å². The SMILES string of the molecule is O=C(CCc1ccc(Cl)c(Cl)c1)NCC(N1CCNCC1)C(F)(F)F. The van der Waals surface area contributed by atoms with Gasteiger partial charge in [0.15, 0.2) is 0 Å². The molecule has 1 saturated heterocycles. The van der Waals surface area contributed by atoms with Gasteiger partial charge in [0.25, 0.3) is 0 Å². The molecule has 0 aromatic heterocycles. The Morgan fingerprint density at radius 2 is 1.92 bits per heavy atom. The number of carbonyl (C=O) groups excluding carboxylic acids is 1. The van der Waals surface area contributed by atoms with Gasteiger partial charge in [0, 0.05) is 39.1 Å². The van der Waals surface area contributed by atoms with Crippen LogP contribution < -0.4 is 10.6 Å². The van der Waals surface area contributed by atoms with Crippen LogP contribution in [0.1, 0.15) is 12.0 Å². The molecule has 9 heteroatoms. The van der Waals surface area contributed by atoms with Crippen molar-refractivity contribution in [3.63, 3.8) is 0 Å². The second-order valence-electron chi connectivity index (χ2n) is 5.90. The van der Waals surface area contributed by atoms with Crippen LogP contribution in [0, 0.1) is 0 Å². The summed E-state index contributed by atoms with van der Waals surface area (Å²) < 4.78 is 39.7. The maximum atomic E-state index is 13.2. The van der Waals surface area contributed by atoms with Gasteiger partial charge in [-0.05, 0) is 24.1 Å². The molecule has 1 fully saturated rings. The van der Waals surface area contributed by atoms with E-state index >= 15 is 0 Å². The Morgan fingerprint density at radius 1 is 1.24 bits per heavy atom. The molecular formula is C16H20Cl2F3N3O. The molecular weight excluding hydrogens is 378 g/mol. The average Bonchev–Trinajstić information content (AvgIpc) is 2.56. The molecule has 1 aromatic rings. The number of nitrogens with zero attached hydrogens (tertiary/aromatic N) is 1. The topological polar surface area (TPSA) is 44.4 Å². The lowest BCUT2D eigenvalue weighted by atomic mass is 10.1. The van der Waals surface area contributed by atoms with Crippen LogP contribution >= 0.6 is 23.2 Å². The minimum absolute atomic E-state index is 0.0874. The van der Waals surface area contributed by atoms with Gasteiger partial charge in [0.05, 0.1) is 10.0 Å². The Morgan fingerprint density at radius 3 is 2.52 bits per heavy atom. The molecule has 0 aliphatic carbocycles. The molecule has 1 heterocycles. The van der Waals surface area contributed by atoms with Crippen molar-refractivity contribution in [2.75, 3.05) is 32.7 Å². The summed E-state index contributed by atoms with van der Waals surface area (Å²) in [6.07, 6.45) is -3.91. The summed E-state index contributed by atoms with van der Waals surface area (Å²) in [4.78, 5) is 13.3. The van der Waals surface area contributed by atoms with Gasteiger partial charge in [-0.1, -0.05) is 29.3 Å². The molecule has 2 rings (SSSR count). The summed E-state index contributed by atoms with van der Waals surface area (Å²) in [6, 6.07) is 3.35. The molecule has 1 amide bonds. The normalized spacial score (nSPS) is 17.3. The number of halogens is 5. The van der Waals surface area contributed by atoms with E-state index in [1.54, 1.807) is 18.2 Å². The first-order chi connectivity index (χ1) is 11.8. The molecule has 0 spiro atoms. The second-order valence-corrected chi connectivity index (χ2v) is 6.71. The number of carbonyl (C=O) groups is 1. The molecule has 1 unspecified atom stereocenters. The number of alkyl halides is 3. The van der Waals surface area contributed by atoms with E-state index in [0.29, 0.717) is 42.6 Å². The van der Waals surface area contributed by atoms with Crippen molar-refractivity contribution in [2.24, 2.45) is 0 Å². The standard InChI is InChI=1S/C16H20Cl2F3N3O/c17-12-3-1-11(9-13(12)18)2-4-15(25)23-10-14(16(19,20)21)24-7-5-22-6-8-24/h1,3,9,14,22H,2,4-8,10H2,(H,23,25). The number of nitrogens with one attached hydrogen (secondary N) is 2. The first-order valence-electron chi connectivity index (χ1n) is 7.99. The number of hydrogen-bond donors (Lipinski definition) is 2. The Labute approximate surface area is 154 Å². The number of rotatable bonds is 6. The van der Waals surface area contributed by atoms with E-state index in [4.69, 9.17) is 23.2 Å². The summed E-state index contributed by atoms with van der Waals surface area (Å²) in [6.45, 7) is 1.20. The molecule has 1 aliphatic rings. The molecule has 140 valence electrons. The summed E-state index contributed by atoms with van der Waals surface area (Å²) in [5.41, 5.74) is 0.805. The third kappa shape index (κ3) is 6.33. The first kappa shape index (κ1) is 20.3. The van der Waals surface area contributed by atoms with Gasteiger partial charge < -0.3 is 10.6 Å². The molecule has 0 saturated carbocycles. The Kier molecular flexibility index (Phi) is 7.37. The zero-order valence-corrected chi connectivity index (χ0v) is 15.0. The molecule has 1 atom stereocenters. The van der Waals surface area contributed by atoms with Crippen LogP contribution in [0.25, 0.3) is 0 Å². The third-order valence-electron chi connectivity index (χ3n) is 4.09. The molecule has 1 aliphatic heterocycles. The van der Waals surface area contributed by atoms with Crippen molar-refractivity contribution in [3.05, 3.63) is 33.8 Å². The van der Waals surface area contributed by atoms with Crippen molar-refractivity contribution >= 4 is 29.1 Å². The lowest BCUT2D eigenvalue weighted by molar-refractivity contribution is -0.184. The fraction of sp³-hybridized carbons (Fsp3) is 0.562. The predicted molar refractivity (Wildman–Crippen MR) is 92.1 cm³/mol. The average molecular weight is 398 g/mol. The van der Waals surface area contributed by atoms with Crippen LogP contribution in [-0.2, 0) is 11.2 Å². The van der Waals surface area contributed by atoms with E-state index < -0.39 is 24.7 Å². The van der Waals surface area contributed by atoms with Crippen LogP contribution in [-0.4, -0.2) is 55.7 Å². The van der Waals surface area contributed by atoms with Gasteiger partial charge in [0.1, 0.15) is 6.04 Å². The Hall–Kier alpha value is -1.02. The van der Waals surface area contributed by atoms with Crippen LogP contribution in [0.5, 0.6) is 0 Å². The van der Waals surface area contributed by atoms with Crippen LogP contribution in [0.15, 0.2) is 18.2 Å². The summed E-state index contributed by atoms with van der Waals surface area (Å²) >= 11 is 11.7. The van der Waals surface area contributed by atoms with E-state index in [1.807, 2.05) is 0 Å². The third-order valence-corrected chi connectivity index (χ3v) is 4.83. The quantitative estimate of drug-likeness (QED) is 0.775. The molecule has 0 radical (unpaired) electrons. The number of aryl methyl sites for hydroxylation is 1. The monoisotopic (exact) mass is 397 g/mol. The van der Waals surface area contributed by atoms with Gasteiger partial charge in [-0.2, -0.15) is 13.2 Å². The fourth-order valence-electron chi connectivity index (χ4n) is 2.70. The van der Waals surface area contributed by atoms with E-state index in [0.717, 1.165) is 5.56 Å². The highest BCUT2D eigenvalue weighted by atomic mass is 35.5. The van der Waals surface area contributed by atoms with E-state index in [-0.39, 0.29) is 6.42 Å². The number of hydrogen-bond acceptors (Lipinski definition) is 3. The molecule has 2 N–H and O–H groups in total. The highest BCUT2D eigenvalue weighted by Crippen LogP contribution is 2.25. The molecule has 25 heavy (non-hydrogen) atoms. The van der Waals surface area contributed by atoms with Gasteiger partial charge in [-0.3, -0.25) is 9.69 Å². The lowest BCUT2D eigenvalue weighted by Crippen LogP contribution is -2.57. The van der Waals surface area contributed by atoms with Crippen molar-refractivity contribution in [3.8, 4) is 0 Å². The van der Waals surface area contributed by atoms with Gasteiger partial charge in [-0.25, -0.2) is 0 Å². The number of benzene rings is 1. The smallest absolute Gasteiger partial charge is 0.354 e. The van der Waals surface area contributed by atoms with Gasteiger partial charge >= 0.3 is 6.18 Å². The van der Waals surface area contributed by atoms with E-state index in [1.165, 1.54) is 4.90 Å². The number of piperazine rings is 1. The van der Waals surface area contributed by atoms with Crippen molar-refractivity contribution < 1.29 is 18.0 Å². The zero-order valence-electron chi connectivity index (χ0n) is 13.5. The van der Waals surface area contributed by atoms with Crippen molar-refractivity contribution in [1.29, 1.82) is 0 Å². The van der Waals surface area contributed by atoms with Crippen LogP contribution in [0.2, 0.25) is 10.0 Å². The van der Waals surface area contributed by atoms with Crippen molar-refractivity contribution in [2.45, 2.75) is 25.1 Å². The molecule has 1 aromatic carbocycles. The second kappa shape index (κ2) is 9.07. The maximum absolute atomic E-state index is 13.2. The minimum Gasteiger partial charge on any atom is -0.354 e. The summed E-state index contributed by atoms with van der Waals surface area (Å²) in [7, 11) is 0. The largest absolute Gasteiger partial charge is 0.405 e. The Balaban J connectivity index is 1.84. The predicted octanol–water partition coefficient (Wildman–Crippen LogP) is 2.88. The summed E-state index contributed by atoms with van der Waals surface area (Å²) in [5.74, 6) is -0.421. The van der Waals surface area contributed by atoms with E-state index in [9.17, 15) is 18.0 Å². The Bertz CT molecular complexity index is 592. The van der Waals surface area contributed by atoms with Crippen LogP contribution in [0.4, 0.5) is 13.2 Å². The highest BCUT2D eigenvalue weighted by Gasteiger charge is 2.43. The lowest BCUT2D eigenvalue weighted by Gasteiger charge is -2.35. The first-order valence-corrected chi connectivity index (χ1v) is 8.75. The van der Waals surface area contributed by atoms with Crippen LogP contribution in [0.3, 0.4) is 0 Å². The maximum Gasteiger partial charge on any atom is 0.405 e. The minimum atomic E-state index is -4.38. The number of amides is 1. The van der Waals surface area contributed by atoms with Crippen molar-refractivity contribution in [1.82, 2.24) is 15.5 Å². The highest BCUT2D eigenvalue weighted by molar-refractivity contribution is 6.42.